The van der Waals surface area contributed by atoms with Gasteiger partial charge >= 0.3 is 0 Å². The lowest BCUT2D eigenvalue weighted by Gasteiger charge is -2.60. The van der Waals surface area contributed by atoms with Gasteiger partial charge in [-0.05, 0) is 90.4 Å². The first-order chi connectivity index (χ1) is 14.7. The van der Waals surface area contributed by atoms with Crippen LogP contribution in [0, 0.1) is 22.7 Å². The van der Waals surface area contributed by atoms with Crippen LogP contribution in [0.1, 0.15) is 88.7 Å². The van der Waals surface area contributed by atoms with Gasteiger partial charge in [-0.25, -0.2) is 13.6 Å². The van der Waals surface area contributed by atoms with Gasteiger partial charge in [0.1, 0.15) is 0 Å². The number of nitrogens with two attached hydrogens (primary N) is 1. The van der Waals surface area contributed by atoms with Crippen molar-refractivity contribution < 1.29 is 13.5 Å². The van der Waals surface area contributed by atoms with Gasteiger partial charge in [0.15, 0.2) is 0 Å². The van der Waals surface area contributed by atoms with Crippen molar-refractivity contribution >= 4 is 10.0 Å². The first-order valence-corrected chi connectivity index (χ1v) is 13.7. The van der Waals surface area contributed by atoms with Crippen molar-refractivity contribution in [1.29, 1.82) is 0 Å². The fraction of sp³-hybridized carbons (Fsp3) is 0.692. The third-order valence-electron chi connectivity index (χ3n) is 9.10. The van der Waals surface area contributed by atoms with Gasteiger partial charge in [-0.3, -0.25) is 0 Å². The van der Waals surface area contributed by atoms with Gasteiger partial charge in [-0.15, -0.1) is 6.58 Å². The van der Waals surface area contributed by atoms with E-state index in [1.165, 1.54) is 31.2 Å². The first kappa shape index (κ1) is 23.0. The van der Waals surface area contributed by atoms with Crippen LogP contribution < -0.4 is 5.14 Å². The summed E-state index contributed by atoms with van der Waals surface area (Å²) in [5, 5.41) is 16.4. The highest BCUT2D eigenvalue weighted by Crippen LogP contribution is 2.69. The van der Waals surface area contributed by atoms with Crippen molar-refractivity contribution in [2.75, 3.05) is 0 Å². The molecule has 4 rings (SSSR count). The molecule has 0 amide bonds. The zero-order chi connectivity index (χ0) is 22.4. The maximum atomic E-state index is 11.9. The Morgan fingerprint density at radius 2 is 2.03 bits per heavy atom. The Morgan fingerprint density at radius 1 is 1.26 bits per heavy atom. The Bertz CT molecular complexity index is 942. The number of aryl methyl sites for hydroxylation is 1. The first-order valence-electron chi connectivity index (χ1n) is 12.1. The molecule has 0 aromatic heterocycles. The second kappa shape index (κ2) is 8.31. The minimum absolute atomic E-state index is 0.0317. The molecule has 3 aliphatic rings. The van der Waals surface area contributed by atoms with Crippen LogP contribution in [0.25, 0.3) is 0 Å². The predicted octanol–water partition coefficient (Wildman–Crippen LogP) is 5.30. The fourth-order valence-corrected chi connectivity index (χ4v) is 8.26. The van der Waals surface area contributed by atoms with E-state index in [9.17, 15) is 13.5 Å². The van der Waals surface area contributed by atoms with E-state index in [2.05, 4.69) is 26.5 Å². The summed E-state index contributed by atoms with van der Waals surface area (Å²) in [6, 6.07) is 5.53. The van der Waals surface area contributed by atoms with Crippen molar-refractivity contribution in [3.8, 4) is 0 Å². The summed E-state index contributed by atoms with van der Waals surface area (Å²) >= 11 is 0. The average Bonchev–Trinajstić information content (AvgIpc) is 3.04. The van der Waals surface area contributed by atoms with E-state index in [0.717, 1.165) is 44.1 Å². The van der Waals surface area contributed by atoms with Gasteiger partial charge in [-0.1, -0.05) is 51.7 Å². The normalized spacial score (nSPS) is 37.0. The van der Waals surface area contributed by atoms with Crippen LogP contribution in [0.4, 0.5) is 0 Å². The quantitative estimate of drug-likeness (QED) is 0.441. The molecule has 5 heteroatoms. The lowest BCUT2D eigenvalue weighted by molar-refractivity contribution is -0.0812. The van der Waals surface area contributed by atoms with Crippen LogP contribution in [0.5, 0.6) is 0 Å². The van der Waals surface area contributed by atoms with Crippen molar-refractivity contribution in [1.82, 2.24) is 0 Å². The third kappa shape index (κ3) is 3.71. The summed E-state index contributed by atoms with van der Waals surface area (Å²) < 4.78 is 23.9. The van der Waals surface area contributed by atoms with Crippen LogP contribution >= 0.6 is 0 Å². The van der Waals surface area contributed by atoms with Crippen LogP contribution in [0.3, 0.4) is 0 Å². The molecule has 0 bridgehead atoms. The van der Waals surface area contributed by atoms with Gasteiger partial charge in [0.2, 0.25) is 10.0 Å². The topological polar surface area (TPSA) is 80.4 Å². The van der Waals surface area contributed by atoms with E-state index in [1.807, 2.05) is 12.1 Å². The molecule has 0 heterocycles. The highest BCUT2D eigenvalue weighted by molar-refractivity contribution is 7.89. The zero-order valence-electron chi connectivity index (χ0n) is 19.1. The number of hydrogen-bond acceptors (Lipinski definition) is 3. The van der Waals surface area contributed by atoms with Crippen molar-refractivity contribution in [3.05, 3.63) is 42.0 Å². The molecule has 31 heavy (non-hydrogen) atoms. The number of benzene rings is 1. The molecule has 2 unspecified atom stereocenters. The number of aliphatic hydroxyl groups excluding tert-OH is 1. The summed E-state index contributed by atoms with van der Waals surface area (Å²) in [7, 11) is -3.70. The summed E-state index contributed by atoms with van der Waals surface area (Å²) in [4.78, 5) is 0.216. The molecule has 0 spiro atoms. The molecular formula is C26H39NO3S. The summed E-state index contributed by atoms with van der Waals surface area (Å²) in [6.07, 6.45) is 12.9. The third-order valence-corrected chi connectivity index (χ3v) is 10.0. The minimum atomic E-state index is -3.70. The Balaban J connectivity index is 1.79. The second-order valence-electron chi connectivity index (χ2n) is 10.7. The van der Waals surface area contributed by atoms with Crippen LogP contribution in [0.2, 0.25) is 0 Å². The number of sulfonamides is 1. The molecule has 172 valence electrons. The van der Waals surface area contributed by atoms with Gasteiger partial charge in [0, 0.05) is 0 Å². The molecular weight excluding hydrogens is 406 g/mol. The average molecular weight is 446 g/mol. The largest absolute Gasteiger partial charge is 0.393 e. The van der Waals surface area contributed by atoms with E-state index in [1.54, 1.807) is 6.07 Å². The van der Waals surface area contributed by atoms with Gasteiger partial charge in [0.05, 0.1) is 11.0 Å². The van der Waals surface area contributed by atoms with E-state index >= 15 is 0 Å². The Morgan fingerprint density at radius 3 is 2.71 bits per heavy atom. The highest BCUT2D eigenvalue weighted by atomic mass is 32.2. The SMILES string of the molecule is C=C[C@@]12CCc3cc(S(N)(=O)=O)ccc3C1[C@@H](CCCCCC)C[C@@]1(C)C2CC[C@@H]1O. The van der Waals surface area contributed by atoms with Gasteiger partial charge in [-0.2, -0.15) is 0 Å². The Labute approximate surface area is 188 Å². The molecule has 1 aromatic carbocycles. The molecule has 0 aliphatic heterocycles. The van der Waals surface area contributed by atoms with Gasteiger partial charge < -0.3 is 5.11 Å². The monoisotopic (exact) mass is 445 g/mol. The van der Waals surface area contributed by atoms with Gasteiger partial charge in [0.25, 0.3) is 0 Å². The molecule has 3 aliphatic carbocycles. The van der Waals surface area contributed by atoms with Crippen LogP contribution in [-0.4, -0.2) is 19.6 Å². The Kier molecular flexibility index (Phi) is 6.17. The lowest BCUT2D eigenvalue weighted by atomic mass is 9.44. The van der Waals surface area contributed by atoms with Crippen molar-refractivity contribution in [2.24, 2.45) is 27.8 Å². The molecule has 0 radical (unpaired) electrons. The molecule has 1 aromatic rings. The number of rotatable bonds is 7. The number of unbranched alkanes of at least 4 members (excludes halogenated alkanes) is 3. The van der Waals surface area contributed by atoms with Crippen molar-refractivity contribution in [2.45, 2.75) is 95.0 Å². The maximum absolute atomic E-state index is 11.9. The van der Waals surface area contributed by atoms with Crippen molar-refractivity contribution in [3.63, 3.8) is 0 Å². The number of fused-ring (bicyclic) bond motifs is 5. The predicted molar refractivity (Wildman–Crippen MR) is 125 cm³/mol. The summed E-state index contributed by atoms with van der Waals surface area (Å²) in [5.41, 5.74) is 2.34. The minimum Gasteiger partial charge on any atom is -0.393 e. The van der Waals surface area contributed by atoms with E-state index in [-0.39, 0.29) is 21.8 Å². The second-order valence-corrected chi connectivity index (χ2v) is 12.2. The zero-order valence-corrected chi connectivity index (χ0v) is 20.0. The molecule has 0 saturated heterocycles. The highest BCUT2D eigenvalue weighted by Gasteiger charge is 2.63. The fourth-order valence-electron chi connectivity index (χ4n) is 7.69. The molecule has 4 nitrogen and oxygen atoms in total. The van der Waals surface area contributed by atoms with E-state index < -0.39 is 10.0 Å². The number of primary sulfonamides is 1. The maximum Gasteiger partial charge on any atom is 0.238 e. The Hall–Kier alpha value is -1.17. The number of hydrogen-bond donors (Lipinski definition) is 2. The van der Waals surface area contributed by atoms with Crippen LogP contribution in [-0.2, 0) is 16.4 Å². The van der Waals surface area contributed by atoms with E-state index in [4.69, 9.17) is 5.14 Å². The van der Waals surface area contributed by atoms with Crippen LogP contribution in [0.15, 0.2) is 35.7 Å². The summed E-state index contributed by atoms with van der Waals surface area (Å²) in [5.74, 6) is 1.24. The molecule has 2 fully saturated rings. The standard InChI is InChI=1S/C26H39NO3S/c1-4-6-7-8-9-19-17-25(3)22(12-13-23(25)28)26(5-2)15-14-18-16-20(31(27,29)30)10-11-21(18)24(19)26/h5,10-11,16,19,22-24,28H,2,4,6-9,12-15,17H2,1,3H3,(H2,27,29,30)/t19-,22?,23-,24?,25-,26-/m0/s1. The molecule has 3 N–H and O–H groups in total. The smallest absolute Gasteiger partial charge is 0.238 e. The molecule has 2 saturated carbocycles. The summed E-state index contributed by atoms with van der Waals surface area (Å²) in [6.45, 7) is 8.91. The number of aliphatic hydroxyl groups is 1. The lowest BCUT2D eigenvalue weighted by Crippen LogP contribution is -2.54. The number of allylic oxidation sites excluding steroid dienone is 1. The van der Waals surface area contributed by atoms with E-state index in [0.29, 0.717) is 17.8 Å². The molecule has 6 atom stereocenters.